The quantitative estimate of drug-likeness (QED) is 0.470. The van der Waals surface area contributed by atoms with E-state index < -0.39 is 0 Å². The lowest BCUT2D eigenvalue weighted by atomic mass is 9.97. The van der Waals surface area contributed by atoms with Crippen molar-refractivity contribution in [2.45, 2.75) is 38.2 Å². The molecule has 0 aliphatic heterocycles. The van der Waals surface area contributed by atoms with Crippen LogP contribution in [0.1, 0.15) is 34.0 Å². The van der Waals surface area contributed by atoms with Crippen LogP contribution in [0, 0.1) is 20.8 Å². The van der Waals surface area contributed by atoms with Crippen LogP contribution in [0.3, 0.4) is 0 Å². The summed E-state index contributed by atoms with van der Waals surface area (Å²) in [5, 5.41) is 10.2. The van der Waals surface area contributed by atoms with Crippen LogP contribution in [-0.2, 0) is 0 Å². The van der Waals surface area contributed by atoms with Crippen molar-refractivity contribution in [1.29, 1.82) is 0 Å². The van der Waals surface area contributed by atoms with Gasteiger partial charge in [-0.25, -0.2) is 0 Å². The first-order valence-corrected chi connectivity index (χ1v) is 9.37. The van der Waals surface area contributed by atoms with E-state index in [4.69, 9.17) is 4.42 Å². The van der Waals surface area contributed by atoms with Crippen molar-refractivity contribution in [3.05, 3.63) is 51.9 Å². The number of aromatic nitrogens is 2. The van der Waals surface area contributed by atoms with Crippen LogP contribution >= 0.6 is 23.1 Å². The molecule has 0 bridgehead atoms. The first-order valence-electron chi connectivity index (χ1n) is 7.62. The second-order valence-corrected chi connectivity index (χ2v) is 7.97. The van der Waals surface area contributed by atoms with E-state index in [-0.39, 0.29) is 11.0 Å². The molecule has 1 aromatic carbocycles. The Morgan fingerprint density at radius 3 is 2.62 bits per heavy atom. The number of thiophene rings is 1. The highest BCUT2D eigenvalue weighted by Crippen LogP contribution is 2.30. The van der Waals surface area contributed by atoms with Crippen molar-refractivity contribution in [1.82, 2.24) is 10.2 Å². The van der Waals surface area contributed by atoms with E-state index in [9.17, 15) is 4.79 Å². The predicted molar refractivity (Wildman–Crippen MR) is 97.9 cm³/mol. The highest BCUT2D eigenvalue weighted by atomic mass is 32.2. The molecule has 0 fully saturated rings. The number of hydrogen-bond donors (Lipinski definition) is 0. The molecule has 2 heterocycles. The monoisotopic (exact) mass is 358 g/mol. The summed E-state index contributed by atoms with van der Waals surface area (Å²) >= 11 is 2.84. The van der Waals surface area contributed by atoms with Crippen molar-refractivity contribution >= 4 is 28.9 Å². The van der Waals surface area contributed by atoms with Crippen molar-refractivity contribution in [2.24, 2.45) is 0 Å². The molecule has 1 unspecified atom stereocenters. The number of hydrogen-bond acceptors (Lipinski definition) is 6. The Morgan fingerprint density at radius 2 is 1.92 bits per heavy atom. The third-order valence-electron chi connectivity index (χ3n) is 3.89. The molecule has 0 saturated heterocycles. The Balaban J connectivity index is 1.76. The Morgan fingerprint density at radius 1 is 1.17 bits per heavy atom. The number of rotatable bonds is 5. The highest BCUT2D eigenvalue weighted by Gasteiger charge is 2.22. The number of thioether (sulfide) groups is 1. The van der Waals surface area contributed by atoms with Crippen molar-refractivity contribution in [2.75, 3.05) is 0 Å². The fourth-order valence-corrected chi connectivity index (χ4v) is 3.80. The minimum Gasteiger partial charge on any atom is -0.410 e. The fraction of sp³-hybridized carbons (Fsp3) is 0.278. The van der Waals surface area contributed by atoms with Crippen LogP contribution in [0.5, 0.6) is 0 Å². The molecular weight excluding hydrogens is 340 g/mol. The third kappa shape index (κ3) is 3.44. The fourth-order valence-electron chi connectivity index (χ4n) is 2.41. The minimum absolute atomic E-state index is 0.0801. The molecule has 0 radical (unpaired) electrons. The Labute approximate surface area is 149 Å². The number of benzene rings is 1. The van der Waals surface area contributed by atoms with Crippen LogP contribution in [0.4, 0.5) is 0 Å². The summed E-state index contributed by atoms with van der Waals surface area (Å²) in [6.07, 6.45) is 0. The lowest BCUT2D eigenvalue weighted by molar-refractivity contribution is 0.0993. The SMILES string of the molecule is Cc1cc(C)c(C(=O)C(C)Sc2nnc(-c3cccs3)o2)cc1C. The molecular formula is C18H18N2O2S2. The molecule has 1 atom stereocenters. The van der Waals surface area contributed by atoms with Crippen LogP contribution in [0.15, 0.2) is 39.3 Å². The Kier molecular flexibility index (Phi) is 4.87. The summed E-state index contributed by atoms with van der Waals surface area (Å²) in [7, 11) is 0. The van der Waals surface area contributed by atoms with Crippen LogP contribution in [0.2, 0.25) is 0 Å². The zero-order valence-electron chi connectivity index (χ0n) is 14.0. The summed E-state index contributed by atoms with van der Waals surface area (Å²) in [6, 6.07) is 7.89. The first-order chi connectivity index (χ1) is 11.5. The van der Waals surface area contributed by atoms with Crippen LogP contribution in [-0.4, -0.2) is 21.2 Å². The zero-order valence-corrected chi connectivity index (χ0v) is 15.6. The van der Waals surface area contributed by atoms with Gasteiger partial charge in [-0.05, 0) is 61.9 Å². The summed E-state index contributed by atoms with van der Waals surface area (Å²) in [4.78, 5) is 13.7. The lowest BCUT2D eigenvalue weighted by Gasteiger charge is -2.12. The molecule has 0 aliphatic rings. The maximum atomic E-state index is 12.8. The van der Waals surface area contributed by atoms with Gasteiger partial charge in [-0.1, -0.05) is 23.9 Å². The summed E-state index contributed by atoms with van der Waals surface area (Å²) in [6.45, 7) is 7.92. The van der Waals surface area contributed by atoms with E-state index in [1.165, 1.54) is 17.3 Å². The van der Waals surface area contributed by atoms with Gasteiger partial charge in [0, 0.05) is 5.56 Å². The highest BCUT2D eigenvalue weighted by molar-refractivity contribution is 8.00. The van der Waals surface area contributed by atoms with Gasteiger partial charge in [-0.3, -0.25) is 4.79 Å². The molecule has 0 saturated carbocycles. The van der Waals surface area contributed by atoms with Gasteiger partial charge in [0.2, 0.25) is 0 Å². The normalized spacial score (nSPS) is 12.3. The van der Waals surface area contributed by atoms with E-state index in [2.05, 4.69) is 23.2 Å². The molecule has 0 N–H and O–H groups in total. The molecule has 3 rings (SSSR count). The molecule has 3 aromatic rings. The van der Waals surface area contributed by atoms with Gasteiger partial charge in [0.25, 0.3) is 11.1 Å². The molecule has 0 aliphatic carbocycles. The second kappa shape index (κ2) is 6.91. The van der Waals surface area contributed by atoms with Crippen LogP contribution < -0.4 is 0 Å². The van der Waals surface area contributed by atoms with E-state index in [1.54, 1.807) is 11.3 Å². The van der Waals surface area contributed by atoms with Gasteiger partial charge in [0.05, 0.1) is 10.1 Å². The maximum absolute atomic E-state index is 12.8. The molecule has 4 nitrogen and oxygen atoms in total. The first kappa shape index (κ1) is 16.9. The molecule has 6 heteroatoms. The zero-order chi connectivity index (χ0) is 17.3. The smallest absolute Gasteiger partial charge is 0.277 e. The standard InChI is InChI=1S/C18H18N2O2S2/c1-10-8-12(3)14(9-11(10)2)16(21)13(4)24-18-20-19-17(22-18)15-6-5-7-23-15/h5-9,13H,1-4H3. The van der Waals surface area contributed by atoms with Crippen molar-refractivity contribution in [3.8, 4) is 10.8 Å². The molecule has 124 valence electrons. The largest absolute Gasteiger partial charge is 0.410 e. The average molecular weight is 358 g/mol. The average Bonchev–Trinajstić information content (AvgIpc) is 3.21. The topological polar surface area (TPSA) is 56.0 Å². The van der Waals surface area contributed by atoms with E-state index >= 15 is 0 Å². The van der Waals surface area contributed by atoms with Gasteiger partial charge >= 0.3 is 0 Å². The Hall–Kier alpha value is -1.92. The van der Waals surface area contributed by atoms with Gasteiger partial charge < -0.3 is 4.42 Å². The minimum atomic E-state index is -0.289. The maximum Gasteiger partial charge on any atom is 0.277 e. The van der Waals surface area contributed by atoms with E-state index in [0.717, 1.165) is 21.6 Å². The van der Waals surface area contributed by atoms with Crippen molar-refractivity contribution < 1.29 is 9.21 Å². The van der Waals surface area contributed by atoms with Gasteiger partial charge in [0.15, 0.2) is 5.78 Å². The number of carbonyl (C=O) groups excluding carboxylic acids is 1. The predicted octanol–water partition coefficient (Wildman–Crippen LogP) is 5.09. The molecule has 2 aromatic heterocycles. The summed E-state index contributed by atoms with van der Waals surface area (Å²) in [5.41, 5.74) is 4.08. The van der Waals surface area contributed by atoms with Crippen molar-refractivity contribution in [3.63, 3.8) is 0 Å². The number of nitrogens with zero attached hydrogens (tertiary/aromatic N) is 2. The summed E-state index contributed by atoms with van der Waals surface area (Å²) < 4.78 is 5.66. The molecule has 0 spiro atoms. The molecule has 24 heavy (non-hydrogen) atoms. The number of ketones is 1. The van der Waals surface area contributed by atoms with Gasteiger partial charge in [0.1, 0.15) is 0 Å². The second-order valence-electron chi connectivity index (χ2n) is 5.73. The third-order valence-corrected chi connectivity index (χ3v) is 5.68. The number of aryl methyl sites for hydroxylation is 3. The Bertz CT molecular complexity index is 869. The number of carbonyl (C=O) groups is 1. The lowest BCUT2D eigenvalue weighted by Crippen LogP contribution is -2.15. The van der Waals surface area contributed by atoms with Gasteiger partial charge in [-0.2, -0.15) is 0 Å². The van der Waals surface area contributed by atoms with E-state index in [0.29, 0.717) is 11.1 Å². The molecule has 0 amide bonds. The van der Waals surface area contributed by atoms with E-state index in [1.807, 2.05) is 44.4 Å². The van der Waals surface area contributed by atoms with Gasteiger partial charge in [-0.15, -0.1) is 21.5 Å². The van der Waals surface area contributed by atoms with Crippen LogP contribution in [0.25, 0.3) is 10.8 Å². The number of Topliss-reactive ketones (excluding diaryl/α,β-unsaturated/α-hetero) is 1. The summed E-state index contributed by atoms with van der Waals surface area (Å²) in [5.74, 6) is 0.575.